The number of halogens is 2. The molecule has 0 saturated heterocycles. The fourth-order valence-corrected chi connectivity index (χ4v) is 4.87. The van der Waals surface area contributed by atoms with Crippen molar-refractivity contribution in [2.24, 2.45) is 10.9 Å². The lowest BCUT2D eigenvalue weighted by Crippen LogP contribution is -2.31. The molecule has 2 aromatic carbocycles. The second-order valence-electron chi connectivity index (χ2n) is 9.06. The van der Waals surface area contributed by atoms with Gasteiger partial charge < -0.3 is 15.8 Å². The van der Waals surface area contributed by atoms with Gasteiger partial charge in [-0.05, 0) is 55.5 Å². The molecular formula is C28H29F2N5O2. The van der Waals surface area contributed by atoms with Crippen LogP contribution in [0.3, 0.4) is 0 Å². The van der Waals surface area contributed by atoms with E-state index >= 15 is 4.39 Å². The number of rotatable bonds is 8. The Bertz CT molecular complexity index is 1340. The minimum Gasteiger partial charge on any atom is -0.457 e. The van der Waals surface area contributed by atoms with Gasteiger partial charge in [-0.25, -0.2) is 18.7 Å². The van der Waals surface area contributed by atoms with Gasteiger partial charge in [0.2, 0.25) is 5.91 Å². The quantitative estimate of drug-likeness (QED) is 0.325. The van der Waals surface area contributed by atoms with E-state index in [1.807, 2.05) is 6.92 Å². The number of anilines is 1. The van der Waals surface area contributed by atoms with Crippen molar-refractivity contribution in [3.63, 3.8) is 0 Å². The third-order valence-electron chi connectivity index (χ3n) is 6.74. The summed E-state index contributed by atoms with van der Waals surface area (Å²) in [6.45, 7) is 5.56. The van der Waals surface area contributed by atoms with E-state index in [-0.39, 0.29) is 46.7 Å². The highest BCUT2D eigenvalue weighted by Crippen LogP contribution is 2.39. The monoisotopic (exact) mass is 505 g/mol. The van der Waals surface area contributed by atoms with E-state index < -0.39 is 11.6 Å². The summed E-state index contributed by atoms with van der Waals surface area (Å²) >= 11 is 0. The standard InChI is InChI=1S/C28H29F2N5O2/c1-4-24(36)35-19-9-8-17(12-19)16(2)26-25(28(31)34-15-33-26)27(32-3)22-11-10-21(14-23(22)30)37-20-7-5-6-18(29)13-20/h4-7,10-11,13-17,19H,1,8-9,12H2,2-3H3,(H,35,36)(H2,31,33,34). The van der Waals surface area contributed by atoms with Crippen molar-refractivity contribution >= 4 is 17.4 Å². The van der Waals surface area contributed by atoms with Gasteiger partial charge in [0.15, 0.2) is 0 Å². The molecule has 3 aromatic rings. The molecule has 1 aliphatic carbocycles. The first-order valence-corrected chi connectivity index (χ1v) is 12.0. The molecule has 3 N–H and O–H groups in total. The normalized spacial score (nSPS) is 18.3. The van der Waals surface area contributed by atoms with Crippen molar-refractivity contribution < 1.29 is 18.3 Å². The number of carbonyl (C=O) groups is 1. The van der Waals surface area contributed by atoms with Gasteiger partial charge in [0.05, 0.1) is 17.0 Å². The van der Waals surface area contributed by atoms with Gasteiger partial charge in [0.1, 0.15) is 35.3 Å². The maximum absolute atomic E-state index is 15.4. The Kier molecular flexibility index (Phi) is 7.91. The van der Waals surface area contributed by atoms with Crippen LogP contribution in [0, 0.1) is 17.6 Å². The predicted molar refractivity (Wildman–Crippen MR) is 139 cm³/mol. The van der Waals surface area contributed by atoms with E-state index in [1.54, 1.807) is 25.2 Å². The summed E-state index contributed by atoms with van der Waals surface area (Å²) < 4.78 is 34.5. The van der Waals surface area contributed by atoms with Crippen LogP contribution >= 0.6 is 0 Å². The molecule has 1 aromatic heterocycles. The van der Waals surface area contributed by atoms with Gasteiger partial charge in [0.25, 0.3) is 0 Å². The average molecular weight is 506 g/mol. The molecule has 4 rings (SSSR count). The summed E-state index contributed by atoms with van der Waals surface area (Å²) in [4.78, 5) is 24.8. The maximum atomic E-state index is 15.4. The van der Waals surface area contributed by atoms with E-state index in [2.05, 4.69) is 26.9 Å². The highest BCUT2D eigenvalue weighted by molar-refractivity contribution is 6.16. The van der Waals surface area contributed by atoms with Gasteiger partial charge >= 0.3 is 0 Å². The second-order valence-corrected chi connectivity index (χ2v) is 9.06. The molecule has 1 heterocycles. The number of hydrogen-bond donors (Lipinski definition) is 2. The summed E-state index contributed by atoms with van der Waals surface area (Å²) in [7, 11) is 1.56. The van der Waals surface area contributed by atoms with Crippen molar-refractivity contribution in [1.29, 1.82) is 0 Å². The number of amides is 1. The van der Waals surface area contributed by atoms with Gasteiger partial charge in [-0.15, -0.1) is 0 Å². The van der Waals surface area contributed by atoms with Crippen molar-refractivity contribution in [3.8, 4) is 11.5 Å². The SMILES string of the molecule is C=CC(=O)NC1CCC(C(C)c2ncnc(N)c2C(=NC)c2ccc(Oc3cccc(F)c3)cc2F)C1. The number of nitrogens with two attached hydrogens (primary N) is 1. The number of benzene rings is 2. The smallest absolute Gasteiger partial charge is 0.243 e. The largest absolute Gasteiger partial charge is 0.457 e. The Labute approximate surface area is 214 Å². The number of hydrogen-bond acceptors (Lipinski definition) is 6. The first-order valence-electron chi connectivity index (χ1n) is 12.0. The molecule has 3 unspecified atom stereocenters. The van der Waals surface area contributed by atoms with Crippen LogP contribution < -0.4 is 15.8 Å². The summed E-state index contributed by atoms with van der Waals surface area (Å²) in [6.07, 6.45) is 5.19. The average Bonchev–Trinajstić information content (AvgIpc) is 3.34. The maximum Gasteiger partial charge on any atom is 0.243 e. The predicted octanol–water partition coefficient (Wildman–Crippen LogP) is 5.17. The summed E-state index contributed by atoms with van der Waals surface area (Å²) in [6, 6.07) is 10.0. The number of nitrogen functional groups attached to an aromatic ring is 1. The van der Waals surface area contributed by atoms with E-state index in [9.17, 15) is 9.18 Å². The number of aliphatic imine (C=N–C) groups is 1. The summed E-state index contributed by atoms with van der Waals surface area (Å²) in [5.74, 6) is -0.358. The lowest BCUT2D eigenvalue weighted by atomic mass is 9.85. The van der Waals surface area contributed by atoms with E-state index in [4.69, 9.17) is 10.5 Å². The van der Waals surface area contributed by atoms with Crippen LogP contribution in [-0.4, -0.2) is 34.7 Å². The zero-order valence-electron chi connectivity index (χ0n) is 20.7. The summed E-state index contributed by atoms with van der Waals surface area (Å²) in [5, 5.41) is 2.96. The van der Waals surface area contributed by atoms with Gasteiger partial charge in [0, 0.05) is 36.7 Å². The van der Waals surface area contributed by atoms with Crippen molar-refractivity contribution in [2.45, 2.75) is 38.1 Å². The molecule has 37 heavy (non-hydrogen) atoms. The number of aromatic nitrogens is 2. The van der Waals surface area contributed by atoms with E-state index in [1.165, 1.54) is 36.7 Å². The van der Waals surface area contributed by atoms with Crippen LogP contribution in [0.2, 0.25) is 0 Å². The molecule has 0 spiro atoms. The van der Waals surface area contributed by atoms with Crippen molar-refractivity contribution in [2.75, 3.05) is 12.8 Å². The fraction of sp³-hybridized carbons (Fsp3) is 0.286. The van der Waals surface area contributed by atoms with Gasteiger partial charge in [-0.2, -0.15) is 0 Å². The molecule has 9 heteroatoms. The lowest BCUT2D eigenvalue weighted by molar-refractivity contribution is -0.117. The van der Waals surface area contributed by atoms with Crippen LogP contribution in [0.4, 0.5) is 14.6 Å². The molecule has 0 bridgehead atoms. The van der Waals surface area contributed by atoms with Gasteiger partial charge in [-0.1, -0.05) is 19.6 Å². The van der Waals surface area contributed by atoms with Crippen LogP contribution in [0.25, 0.3) is 0 Å². The van der Waals surface area contributed by atoms with Crippen molar-refractivity contribution in [1.82, 2.24) is 15.3 Å². The topological polar surface area (TPSA) is 102 Å². The van der Waals surface area contributed by atoms with Crippen LogP contribution in [-0.2, 0) is 4.79 Å². The Morgan fingerprint density at radius 3 is 2.70 bits per heavy atom. The molecule has 1 fully saturated rings. The molecule has 3 atom stereocenters. The molecule has 1 aliphatic rings. The molecule has 0 radical (unpaired) electrons. The Morgan fingerprint density at radius 2 is 2.00 bits per heavy atom. The lowest BCUT2D eigenvalue weighted by Gasteiger charge is -2.23. The first-order chi connectivity index (χ1) is 17.8. The third-order valence-corrected chi connectivity index (χ3v) is 6.74. The first kappa shape index (κ1) is 25.9. The summed E-state index contributed by atoms with van der Waals surface area (Å²) in [5.41, 5.74) is 7.99. The van der Waals surface area contributed by atoms with Gasteiger partial charge in [-0.3, -0.25) is 9.79 Å². The second kappa shape index (κ2) is 11.3. The Hall–Kier alpha value is -4.14. The molecule has 1 amide bonds. The minimum atomic E-state index is -0.579. The molecule has 1 saturated carbocycles. The number of ether oxygens (including phenoxy) is 1. The Balaban J connectivity index is 1.62. The van der Waals surface area contributed by atoms with Crippen LogP contribution in [0.15, 0.2) is 66.4 Å². The number of nitrogens with one attached hydrogen (secondary N) is 1. The minimum absolute atomic E-state index is 0.0404. The molecule has 0 aliphatic heterocycles. The van der Waals surface area contributed by atoms with E-state index in [0.29, 0.717) is 17.0 Å². The molecule has 7 nitrogen and oxygen atoms in total. The zero-order valence-corrected chi connectivity index (χ0v) is 20.7. The molecular weight excluding hydrogens is 476 g/mol. The van der Waals surface area contributed by atoms with Crippen LogP contribution in [0.1, 0.15) is 48.9 Å². The number of carbonyl (C=O) groups excluding carboxylic acids is 1. The van der Waals surface area contributed by atoms with E-state index in [0.717, 1.165) is 19.3 Å². The third kappa shape index (κ3) is 5.82. The highest BCUT2D eigenvalue weighted by Gasteiger charge is 2.33. The highest BCUT2D eigenvalue weighted by atomic mass is 19.1. The fourth-order valence-electron chi connectivity index (χ4n) is 4.87. The number of nitrogens with zero attached hydrogens (tertiary/aromatic N) is 3. The molecule has 192 valence electrons. The Morgan fingerprint density at radius 1 is 1.22 bits per heavy atom. The zero-order chi connectivity index (χ0) is 26.5. The van der Waals surface area contributed by atoms with Crippen molar-refractivity contribution in [3.05, 3.63) is 89.9 Å². The van der Waals surface area contributed by atoms with Crippen LogP contribution in [0.5, 0.6) is 11.5 Å².